The van der Waals surface area contributed by atoms with Crippen LogP contribution in [0.4, 0.5) is 0 Å². The second-order valence-corrected chi connectivity index (χ2v) is 7.84. The molecule has 2 aromatic rings. The summed E-state index contributed by atoms with van der Waals surface area (Å²) in [6.07, 6.45) is 5.33. The van der Waals surface area contributed by atoms with Crippen molar-refractivity contribution in [2.24, 2.45) is 0 Å². The van der Waals surface area contributed by atoms with Gasteiger partial charge in [-0.05, 0) is 25.8 Å². The molecule has 0 N–H and O–H groups in total. The third-order valence-electron chi connectivity index (χ3n) is 4.72. The molecule has 1 aliphatic rings. The van der Waals surface area contributed by atoms with E-state index in [9.17, 15) is 9.59 Å². The molecule has 6 heteroatoms. The molecule has 1 atom stereocenters. The predicted molar refractivity (Wildman–Crippen MR) is 101 cm³/mol. The van der Waals surface area contributed by atoms with Gasteiger partial charge in [-0.15, -0.1) is 0 Å². The number of carbonyl (C=O) groups excluding carboxylic acids is 2. The van der Waals surface area contributed by atoms with E-state index in [-0.39, 0.29) is 5.76 Å². The Bertz CT molecular complexity index is 776. The molecule has 1 unspecified atom stereocenters. The van der Waals surface area contributed by atoms with Crippen LogP contribution in [0.15, 0.2) is 28.7 Å². The summed E-state index contributed by atoms with van der Waals surface area (Å²) >= 11 is 1.87. The van der Waals surface area contributed by atoms with Crippen LogP contribution in [0.1, 0.15) is 55.1 Å². The van der Waals surface area contributed by atoms with Crippen LogP contribution in [0.5, 0.6) is 0 Å². The van der Waals surface area contributed by atoms with Crippen LogP contribution >= 0.6 is 11.8 Å². The zero-order chi connectivity index (χ0) is 18.5. The van der Waals surface area contributed by atoms with E-state index in [1.165, 1.54) is 46.1 Å². The minimum absolute atomic E-state index is 0.185. The SMILES string of the molecule is COC(=O)C(C)OC(=O)c1oc2ccccc2c1CSC1CCCCC1. The second kappa shape index (κ2) is 8.62. The van der Waals surface area contributed by atoms with Crippen LogP contribution in [0.2, 0.25) is 0 Å². The smallest absolute Gasteiger partial charge is 0.375 e. The molecule has 0 saturated heterocycles. The van der Waals surface area contributed by atoms with E-state index in [2.05, 4.69) is 4.74 Å². The molecule has 1 aliphatic carbocycles. The average Bonchev–Trinajstić information content (AvgIpc) is 3.05. The molecular formula is C20H24O5S. The Kier molecular flexibility index (Phi) is 6.25. The fraction of sp³-hybridized carbons (Fsp3) is 0.500. The van der Waals surface area contributed by atoms with E-state index >= 15 is 0 Å². The van der Waals surface area contributed by atoms with Crippen molar-refractivity contribution >= 4 is 34.7 Å². The highest BCUT2D eigenvalue weighted by Crippen LogP contribution is 2.35. The Morgan fingerprint density at radius 3 is 2.69 bits per heavy atom. The number of hydrogen-bond donors (Lipinski definition) is 0. The summed E-state index contributed by atoms with van der Waals surface area (Å²) in [6, 6.07) is 7.59. The first kappa shape index (κ1) is 18.8. The van der Waals surface area contributed by atoms with Gasteiger partial charge in [0.1, 0.15) is 5.58 Å². The molecule has 140 valence electrons. The normalized spacial score (nSPS) is 16.4. The molecule has 1 aromatic carbocycles. The summed E-state index contributed by atoms with van der Waals surface area (Å²) in [6.45, 7) is 1.49. The largest absolute Gasteiger partial charge is 0.466 e. The van der Waals surface area contributed by atoms with Gasteiger partial charge in [-0.3, -0.25) is 0 Å². The molecule has 5 nitrogen and oxygen atoms in total. The molecule has 0 amide bonds. The van der Waals surface area contributed by atoms with Gasteiger partial charge in [-0.2, -0.15) is 11.8 Å². The van der Waals surface area contributed by atoms with Crippen LogP contribution in [-0.2, 0) is 20.0 Å². The summed E-state index contributed by atoms with van der Waals surface area (Å²) in [5, 5.41) is 1.55. The maximum Gasteiger partial charge on any atom is 0.375 e. The Labute approximate surface area is 157 Å². The van der Waals surface area contributed by atoms with Gasteiger partial charge in [0.15, 0.2) is 6.10 Å². The minimum Gasteiger partial charge on any atom is -0.466 e. The molecule has 0 bridgehead atoms. The highest BCUT2D eigenvalue weighted by atomic mass is 32.2. The maximum atomic E-state index is 12.6. The number of esters is 2. The van der Waals surface area contributed by atoms with Gasteiger partial charge < -0.3 is 13.9 Å². The standard InChI is InChI=1S/C20H24O5S/c1-13(19(21)23-2)24-20(22)18-16(12-26-14-8-4-3-5-9-14)15-10-6-7-11-17(15)25-18/h6-7,10-11,13-14H,3-5,8-9,12H2,1-2H3. The summed E-state index contributed by atoms with van der Waals surface area (Å²) < 4.78 is 15.6. The van der Waals surface area contributed by atoms with E-state index in [1.807, 2.05) is 36.0 Å². The van der Waals surface area contributed by atoms with Gasteiger partial charge in [0.25, 0.3) is 0 Å². The number of carbonyl (C=O) groups is 2. The molecular weight excluding hydrogens is 352 g/mol. The van der Waals surface area contributed by atoms with Crippen molar-refractivity contribution in [2.45, 2.75) is 56.1 Å². The highest BCUT2D eigenvalue weighted by molar-refractivity contribution is 7.99. The number of rotatable bonds is 6. The Morgan fingerprint density at radius 2 is 1.96 bits per heavy atom. The summed E-state index contributed by atoms with van der Waals surface area (Å²) in [4.78, 5) is 24.1. The van der Waals surface area contributed by atoms with Crippen molar-refractivity contribution in [3.05, 3.63) is 35.6 Å². The summed E-state index contributed by atoms with van der Waals surface area (Å²) in [7, 11) is 1.26. The average molecular weight is 376 g/mol. The third-order valence-corrected chi connectivity index (χ3v) is 6.11. The molecule has 3 rings (SSSR count). The van der Waals surface area contributed by atoms with Crippen molar-refractivity contribution in [3.63, 3.8) is 0 Å². The first-order chi connectivity index (χ1) is 12.6. The Hall–Kier alpha value is -1.95. The first-order valence-electron chi connectivity index (χ1n) is 9.01. The molecule has 0 spiro atoms. The van der Waals surface area contributed by atoms with Crippen molar-refractivity contribution in [1.82, 2.24) is 0 Å². The van der Waals surface area contributed by atoms with Crippen LogP contribution in [-0.4, -0.2) is 30.4 Å². The van der Waals surface area contributed by atoms with Gasteiger partial charge in [0.2, 0.25) is 5.76 Å². The van der Waals surface area contributed by atoms with Crippen molar-refractivity contribution in [2.75, 3.05) is 7.11 Å². The quantitative estimate of drug-likeness (QED) is 0.680. The lowest BCUT2D eigenvalue weighted by atomic mass is 10.0. The number of hydrogen-bond acceptors (Lipinski definition) is 6. The number of thioether (sulfide) groups is 1. The number of furan rings is 1. The lowest BCUT2D eigenvalue weighted by Gasteiger charge is -2.20. The molecule has 0 radical (unpaired) electrons. The van der Waals surface area contributed by atoms with Crippen molar-refractivity contribution < 1.29 is 23.5 Å². The van der Waals surface area contributed by atoms with E-state index in [0.717, 1.165) is 10.9 Å². The molecule has 26 heavy (non-hydrogen) atoms. The molecule has 1 heterocycles. The molecule has 1 aromatic heterocycles. The van der Waals surface area contributed by atoms with Crippen LogP contribution in [0, 0.1) is 0 Å². The van der Waals surface area contributed by atoms with Crippen molar-refractivity contribution in [1.29, 1.82) is 0 Å². The molecule has 1 fully saturated rings. The fourth-order valence-corrected chi connectivity index (χ4v) is 4.62. The topological polar surface area (TPSA) is 65.7 Å². The van der Waals surface area contributed by atoms with E-state index in [1.54, 1.807) is 0 Å². The summed E-state index contributed by atoms with van der Waals surface area (Å²) in [5.74, 6) is -0.338. The Morgan fingerprint density at radius 1 is 1.23 bits per heavy atom. The van der Waals surface area contributed by atoms with Gasteiger partial charge >= 0.3 is 11.9 Å². The van der Waals surface area contributed by atoms with Crippen molar-refractivity contribution in [3.8, 4) is 0 Å². The fourth-order valence-electron chi connectivity index (χ4n) is 3.27. The molecule has 0 aliphatic heterocycles. The van der Waals surface area contributed by atoms with Crippen LogP contribution in [0.3, 0.4) is 0 Å². The van der Waals surface area contributed by atoms with Crippen LogP contribution in [0.25, 0.3) is 11.0 Å². The second-order valence-electron chi connectivity index (χ2n) is 6.55. The number of benzene rings is 1. The number of para-hydroxylation sites is 1. The van der Waals surface area contributed by atoms with E-state index in [4.69, 9.17) is 9.15 Å². The van der Waals surface area contributed by atoms with Gasteiger partial charge in [-0.25, -0.2) is 9.59 Å². The zero-order valence-electron chi connectivity index (χ0n) is 15.2. The van der Waals surface area contributed by atoms with Crippen LogP contribution < -0.4 is 0 Å². The Balaban J connectivity index is 1.81. The number of fused-ring (bicyclic) bond motifs is 1. The van der Waals surface area contributed by atoms with Gasteiger partial charge in [0, 0.05) is 22.0 Å². The van der Waals surface area contributed by atoms with E-state index < -0.39 is 18.0 Å². The lowest BCUT2D eigenvalue weighted by Crippen LogP contribution is -2.25. The number of ether oxygens (including phenoxy) is 2. The predicted octanol–water partition coefficient (Wildman–Crippen LogP) is 4.72. The minimum atomic E-state index is -0.973. The lowest BCUT2D eigenvalue weighted by molar-refractivity contribution is -0.149. The van der Waals surface area contributed by atoms with Gasteiger partial charge in [0.05, 0.1) is 7.11 Å². The maximum absolute atomic E-state index is 12.6. The third kappa shape index (κ3) is 4.23. The van der Waals surface area contributed by atoms with Gasteiger partial charge in [-0.1, -0.05) is 37.5 Å². The highest BCUT2D eigenvalue weighted by Gasteiger charge is 2.27. The first-order valence-corrected chi connectivity index (χ1v) is 10.1. The monoisotopic (exact) mass is 376 g/mol. The van der Waals surface area contributed by atoms with E-state index in [0.29, 0.717) is 16.6 Å². The summed E-state index contributed by atoms with van der Waals surface area (Å²) in [5.41, 5.74) is 1.50. The molecule has 1 saturated carbocycles. The zero-order valence-corrected chi connectivity index (χ0v) is 16.0. The number of methoxy groups -OCH3 is 1.